The number of hydrogen-bond donors (Lipinski definition) is 2. The van der Waals surface area contributed by atoms with Crippen molar-refractivity contribution in [1.29, 1.82) is 0 Å². The van der Waals surface area contributed by atoms with Gasteiger partial charge in [-0.1, -0.05) is 26.7 Å². The van der Waals surface area contributed by atoms with Crippen molar-refractivity contribution in [2.24, 2.45) is 5.92 Å². The molecule has 1 amide bonds. The van der Waals surface area contributed by atoms with Gasteiger partial charge in [0.2, 0.25) is 0 Å². The molecule has 0 radical (unpaired) electrons. The van der Waals surface area contributed by atoms with Crippen LogP contribution in [0.25, 0.3) is 0 Å². The maximum Gasteiger partial charge on any atom is 0.271 e. The third-order valence-electron chi connectivity index (χ3n) is 3.94. The van der Waals surface area contributed by atoms with Gasteiger partial charge < -0.3 is 10.4 Å². The van der Waals surface area contributed by atoms with Crippen LogP contribution in [0, 0.1) is 5.92 Å². The molecule has 0 bridgehead atoms. The predicted molar refractivity (Wildman–Crippen MR) is 82.3 cm³/mol. The molecule has 21 heavy (non-hydrogen) atoms. The van der Waals surface area contributed by atoms with E-state index in [1.807, 2.05) is 17.7 Å². The van der Waals surface area contributed by atoms with Gasteiger partial charge in [0.15, 0.2) is 0 Å². The number of rotatable bonds is 9. The van der Waals surface area contributed by atoms with Crippen LogP contribution in [0.2, 0.25) is 0 Å². The average molecular weight is 293 g/mol. The maximum absolute atomic E-state index is 12.1. The molecule has 5 heteroatoms. The maximum atomic E-state index is 12.1. The summed E-state index contributed by atoms with van der Waals surface area (Å²) in [5, 5.41) is 16.3. The number of amides is 1. The largest absolute Gasteiger partial charge is 0.396 e. The van der Waals surface area contributed by atoms with E-state index in [0.717, 1.165) is 13.0 Å². The van der Waals surface area contributed by atoms with Gasteiger partial charge in [0.05, 0.1) is 0 Å². The van der Waals surface area contributed by atoms with Crippen LogP contribution in [-0.4, -0.2) is 33.9 Å². The highest BCUT2D eigenvalue weighted by Gasteiger charge is 2.29. The zero-order valence-corrected chi connectivity index (χ0v) is 13.1. The molecule has 2 rings (SSSR count). The molecule has 1 heterocycles. The standard InChI is InChI=1S/C16H27N3O2/c1-3-4-5-8-19-15(13-6-7-13)9-14(18-19)16(21)17-10-12(2)11-20/h9,12-13,20H,3-8,10-11H2,1-2H3,(H,17,21). The highest BCUT2D eigenvalue weighted by molar-refractivity contribution is 5.92. The van der Waals surface area contributed by atoms with Crippen LogP contribution < -0.4 is 5.32 Å². The van der Waals surface area contributed by atoms with E-state index in [0.29, 0.717) is 18.2 Å². The molecule has 1 aromatic heterocycles. The second-order valence-corrected chi connectivity index (χ2v) is 6.16. The highest BCUT2D eigenvalue weighted by Crippen LogP contribution is 2.40. The fraction of sp³-hybridized carbons (Fsp3) is 0.750. The van der Waals surface area contributed by atoms with E-state index in [9.17, 15) is 4.79 Å². The van der Waals surface area contributed by atoms with Crippen LogP contribution in [-0.2, 0) is 6.54 Å². The van der Waals surface area contributed by atoms with E-state index in [4.69, 9.17) is 5.11 Å². The van der Waals surface area contributed by atoms with Crippen LogP contribution in [0.5, 0.6) is 0 Å². The summed E-state index contributed by atoms with van der Waals surface area (Å²) >= 11 is 0. The van der Waals surface area contributed by atoms with Crippen molar-refractivity contribution in [2.45, 2.75) is 58.4 Å². The minimum absolute atomic E-state index is 0.0727. The molecule has 1 aromatic rings. The molecule has 118 valence electrons. The summed E-state index contributed by atoms with van der Waals surface area (Å²) in [6, 6.07) is 1.95. The number of carbonyl (C=O) groups excluding carboxylic acids is 1. The summed E-state index contributed by atoms with van der Waals surface area (Å²) in [7, 11) is 0. The Morgan fingerprint density at radius 1 is 1.52 bits per heavy atom. The lowest BCUT2D eigenvalue weighted by Crippen LogP contribution is -2.29. The van der Waals surface area contributed by atoms with E-state index < -0.39 is 0 Å². The molecule has 5 nitrogen and oxygen atoms in total. The second-order valence-electron chi connectivity index (χ2n) is 6.16. The SMILES string of the molecule is CCCCCn1nc(C(=O)NCC(C)CO)cc1C1CC1. The lowest BCUT2D eigenvalue weighted by Gasteiger charge is -2.08. The summed E-state index contributed by atoms with van der Waals surface area (Å²) in [4.78, 5) is 12.1. The molecule has 1 saturated carbocycles. The van der Waals surface area contributed by atoms with Gasteiger partial charge >= 0.3 is 0 Å². The lowest BCUT2D eigenvalue weighted by atomic mass is 10.2. The highest BCUT2D eigenvalue weighted by atomic mass is 16.3. The molecule has 2 N–H and O–H groups in total. The van der Waals surface area contributed by atoms with Crippen molar-refractivity contribution >= 4 is 5.91 Å². The minimum atomic E-state index is -0.133. The van der Waals surface area contributed by atoms with Crippen LogP contribution in [0.3, 0.4) is 0 Å². The summed E-state index contributed by atoms with van der Waals surface area (Å²) in [5.74, 6) is 0.534. The van der Waals surface area contributed by atoms with Gasteiger partial charge in [-0.2, -0.15) is 5.10 Å². The summed E-state index contributed by atoms with van der Waals surface area (Å²) < 4.78 is 2.03. The third-order valence-corrected chi connectivity index (χ3v) is 3.94. The molecule has 0 spiro atoms. The van der Waals surface area contributed by atoms with Gasteiger partial charge in [-0.15, -0.1) is 0 Å². The first kappa shape index (κ1) is 16.0. The van der Waals surface area contributed by atoms with Crippen molar-refractivity contribution in [1.82, 2.24) is 15.1 Å². The van der Waals surface area contributed by atoms with Crippen molar-refractivity contribution < 1.29 is 9.90 Å². The predicted octanol–water partition coefficient (Wildman–Crippen LogP) is 2.31. The molecular weight excluding hydrogens is 266 g/mol. The number of carbonyl (C=O) groups is 1. The third kappa shape index (κ3) is 4.56. The Balaban J connectivity index is 1.99. The number of nitrogens with one attached hydrogen (secondary N) is 1. The summed E-state index contributed by atoms with van der Waals surface area (Å²) in [5.41, 5.74) is 1.73. The number of hydrogen-bond acceptors (Lipinski definition) is 3. The molecule has 1 atom stereocenters. The molecule has 1 aliphatic rings. The molecule has 0 aliphatic heterocycles. The Morgan fingerprint density at radius 2 is 2.29 bits per heavy atom. The Morgan fingerprint density at radius 3 is 2.90 bits per heavy atom. The Labute approximate surface area is 126 Å². The molecule has 1 aliphatic carbocycles. The van der Waals surface area contributed by atoms with Gasteiger partial charge in [0.25, 0.3) is 5.91 Å². The summed E-state index contributed by atoms with van der Waals surface area (Å²) in [6.07, 6.45) is 5.91. The Hall–Kier alpha value is -1.36. The number of aryl methyl sites for hydroxylation is 1. The van der Waals surface area contributed by atoms with Crippen molar-refractivity contribution in [3.63, 3.8) is 0 Å². The van der Waals surface area contributed by atoms with Crippen molar-refractivity contribution in [2.75, 3.05) is 13.2 Å². The first-order valence-electron chi connectivity index (χ1n) is 8.12. The van der Waals surface area contributed by atoms with E-state index in [1.54, 1.807) is 0 Å². The first-order chi connectivity index (χ1) is 10.2. The smallest absolute Gasteiger partial charge is 0.271 e. The van der Waals surface area contributed by atoms with Gasteiger partial charge in [0, 0.05) is 31.3 Å². The monoisotopic (exact) mass is 293 g/mol. The Kier molecular flexibility index (Phi) is 5.79. The van der Waals surface area contributed by atoms with Crippen molar-refractivity contribution in [3.8, 4) is 0 Å². The fourth-order valence-electron chi connectivity index (χ4n) is 2.36. The number of unbranched alkanes of at least 4 members (excludes halogenated alkanes) is 2. The average Bonchev–Trinajstić information content (AvgIpc) is 3.25. The van der Waals surface area contributed by atoms with Gasteiger partial charge in [-0.05, 0) is 31.2 Å². The van der Waals surface area contributed by atoms with E-state index in [1.165, 1.54) is 31.4 Å². The van der Waals surface area contributed by atoms with E-state index in [-0.39, 0.29) is 18.4 Å². The van der Waals surface area contributed by atoms with Crippen LogP contribution in [0.4, 0.5) is 0 Å². The second kappa shape index (κ2) is 7.59. The topological polar surface area (TPSA) is 67.2 Å². The number of aromatic nitrogens is 2. The molecule has 1 unspecified atom stereocenters. The van der Waals surface area contributed by atoms with Crippen molar-refractivity contribution in [3.05, 3.63) is 17.5 Å². The minimum Gasteiger partial charge on any atom is -0.396 e. The molecule has 0 saturated heterocycles. The zero-order chi connectivity index (χ0) is 15.2. The fourth-order valence-corrected chi connectivity index (χ4v) is 2.36. The molecule has 0 aromatic carbocycles. The quantitative estimate of drug-likeness (QED) is 0.687. The van der Waals surface area contributed by atoms with Crippen LogP contribution in [0.1, 0.15) is 68.1 Å². The first-order valence-corrected chi connectivity index (χ1v) is 8.12. The normalized spacial score (nSPS) is 16.0. The zero-order valence-electron chi connectivity index (χ0n) is 13.1. The molecular formula is C16H27N3O2. The van der Waals surface area contributed by atoms with E-state index >= 15 is 0 Å². The Bertz CT molecular complexity index is 466. The van der Waals surface area contributed by atoms with Gasteiger partial charge in [0.1, 0.15) is 5.69 Å². The lowest BCUT2D eigenvalue weighted by molar-refractivity contribution is 0.0936. The number of aliphatic hydroxyl groups is 1. The summed E-state index contributed by atoms with van der Waals surface area (Å²) in [6.45, 7) is 5.56. The molecule has 1 fully saturated rings. The van der Waals surface area contributed by atoms with E-state index in [2.05, 4.69) is 17.3 Å². The van der Waals surface area contributed by atoms with Gasteiger partial charge in [-0.25, -0.2) is 0 Å². The number of nitrogens with zero attached hydrogens (tertiary/aromatic N) is 2. The van der Waals surface area contributed by atoms with Crippen LogP contribution in [0.15, 0.2) is 6.07 Å². The van der Waals surface area contributed by atoms with Crippen LogP contribution >= 0.6 is 0 Å². The van der Waals surface area contributed by atoms with Gasteiger partial charge in [-0.3, -0.25) is 9.48 Å². The number of aliphatic hydroxyl groups excluding tert-OH is 1.